The van der Waals surface area contributed by atoms with Crippen LogP contribution in [0.1, 0.15) is 33.6 Å². The number of thioether (sulfide) groups is 1. The van der Waals surface area contributed by atoms with Crippen LogP contribution in [0.4, 0.5) is 0 Å². The third-order valence-electron chi connectivity index (χ3n) is 3.14. The van der Waals surface area contributed by atoms with Crippen LogP contribution in [-0.2, 0) is 13.6 Å². The molecule has 2 aromatic heterocycles. The van der Waals surface area contributed by atoms with E-state index in [4.69, 9.17) is 4.74 Å². The third kappa shape index (κ3) is 3.58. The number of rotatable bonds is 8. The van der Waals surface area contributed by atoms with E-state index in [9.17, 15) is 0 Å². The molecular formula is C14H23N5OS. The summed E-state index contributed by atoms with van der Waals surface area (Å²) in [7, 11) is 1.99. The molecule has 2 aromatic rings. The van der Waals surface area contributed by atoms with Gasteiger partial charge in [0.1, 0.15) is 5.56 Å². The summed E-state index contributed by atoms with van der Waals surface area (Å²) in [5.41, 5.74) is 0.899. The molecule has 21 heavy (non-hydrogen) atoms. The summed E-state index contributed by atoms with van der Waals surface area (Å²) in [5, 5.41) is 14.0. The Bertz CT molecular complexity index is 578. The van der Waals surface area contributed by atoms with Crippen molar-refractivity contribution >= 4 is 11.8 Å². The van der Waals surface area contributed by atoms with Crippen molar-refractivity contribution < 1.29 is 4.74 Å². The molecule has 0 atom stereocenters. The van der Waals surface area contributed by atoms with Gasteiger partial charge in [-0.05, 0) is 20.3 Å². The smallest absolute Gasteiger partial charge is 0.243 e. The van der Waals surface area contributed by atoms with Gasteiger partial charge in [0.05, 0.1) is 6.61 Å². The monoisotopic (exact) mass is 309 g/mol. The average Bonchev–Trinajstić information content (AvgIpc) is 3.04. The number of aryl methyl sites for hydroxylation is 1. The van der Waals surface area contributed by atoms with Gasteiger partial charge in [0.25, 0.3) is 0 Å². The van der Waals surface area contributed by atoms with Crippen molar-refractivity contribution in [2.24, 2.45) is 7.05 Å². The van der Waals surface area contributed by atoms with Crippen LogP contribution in [0.2, 0.25) is 0 Å². The minimum atomic E-state index is 0.587. The molecule has 0 amide bonds. The van der Waals surface area contributed by atoms with Gasteiger partial charge < -0.3 is 9.30 Å². The first-order valence-electron chi connectivity index (χ1n) is 7.44. The first kappa shape index (κ1) is 15.9. The average molecular weight is 309 g/mol. The van der Waals surface area contributed by atoms with Crippen LogP contribution in [0.25, 0.3) is 11.4 Å². The van der Waals surface area contributed by atoms with Crippen LogP contribution < -0.4 is 4.74 Å². The molecule has 0 saturated carbocycles. The SMILES string of the molecule is CCCCSc1nnc(-c2cn(CC)nc2OCC)n1C. The molecule has 0 saturated heterocycles. The number of hydrogen-bond acceptors (Lipinski definition) is 5. The van der Waals surface area contributed by atoms with Crippen molar-refractivity contribution in [1.29, 1.82) is 0 Å². The second-order valence-corrected chi connectivity index (χ2v) is 5.77. The second kappa shape index (κ2) is 7.49. The molecule has 0 aliphatic heterocycles. The Morgan fingerprint density at radius 2 is 2.05 bits per heavy atom. The zero-order valence-electron chi connectivity index (χ0n) is 13.2. The van der Waals surface area contributed by atoms with Gasteiger partial charge in [0, 0.05) is 25.5 Å². The molecule has 0 fully saturated rings. The predicted molar refractivity (Wildman–Crippen MR) is 84.7 cm³/mol. The number of aromatic nitrogens is 5. The molecule has 0 spiro atoms. The molecule has 2 heterocycles. The summed E-state index contributed by atoms with van der Waals surface area (Å²) in [6.07, 6.45) is 4.34. The number of nitrogens with zero attached hydrogens (tertiary/aromatic N) is 5. The lowest BCUT2D eigenvalue weighted by molar-refractivity contribution is 0.322. The largest absolute Gasteiger partial charge is 0.476 e. The fourth-order valence-corrected chi connectivity index (χ4v) is 2.94. The molecule has 7 heteroatoms. The van der Waals surface area contributed by atoms with E-state index < -0.39 is 0 Å². The Hall–Kier alpha value is -1.50. The number of unbranched alkanes of at least 4 members (excludes halogenated alkanes) is 1. The maximum Gasteiger partial charge on any atom is 0.243 e. The van der Waals surface area contributed by atoms with Gasteiger partial charge in [0.2, 0.25) is 5.88 Å². The van der Waals surface area contributed by atoms with Gasteiger partial charge in [-0.25, -0.2) is 0 Å². The highest BCUT2D eigenvalue weighted by Crippen LogP contribution is 2.29. The summed E-state index contributed by atoms with van der Waals surface area (Å²) >= 11 is 1.74. The molecule has 0 N–H and O–H groups in total. The van der Waals surface area contributed by atoms with Crippen LogP contribution in [0, 0.1) is 0 Å². The summed E-state index contributed by atoms with van der Waals surface area (Å²) in [4.78, 5) is 0. The summed E-state index contributed by atoms with van der Waals surface area (Å²) in [6, 6.07) is 0. The molecular weight excluding hydrogens is 286 g/mol. The lowest BCUT2D eigenvalue weighted by Gasteiger charge is -2.04. The van der Waals surface area contributed by atoms with Gasteiger partial charge in [-0.2, -0.15) is 0 Å². The van der Waals surface area contributed by atoms with E-state index >= 15 is 0 Å². The molecule has 0 aromatic carbocycles. The second-order valence-electron chi connectivity index (χ2n) is 4.70. The van der Waals surface area contributed by atoms with E-state index in [1.165, 1.54) is 12.8 Å². The Kier molecular flexibility index (Phi) is 5.67. The first-order chi connectivity index (χ1) is 10.2. The van der Waals surface area contributed by atoms with Crippen molar-refractivity contribution in [3.63, 3.8) is 0 Å². The van der Waals surface area contributed by atoms with Crippen LogP contribution in [0.3, 0.4) is 0 Å². The minimum absolute atomic E-state index is 0.587. The molecule has 0 aliphatic rings. The zero-order valence-corrected chi connectivity index (χ0v) is 14.0. The first-order valence-corrected chi connectivity index (χ1v) is 8.42. The maximum absolute atomic E-state index is 5.62. The topological polar surface area (TPSA) is 57.8 Å². The van der Waals surface area contributed by atoms with Crippen LogP contribution in [0.5, 0.6) is 5.88 Å². The Morgan fingerprint density at radius 3 is 2.71 bits per heavy atom. The predicted octanol–water partition coefficient (Wildman–Crippen LogP) is 2.99. The fraction of sp³-hybridized carbons (Fsp3) is 0.643. The maximum atomic E-state index is 5.62. The highest BCUT2D eigenvalue weighted by molar-refractivity contribution is 7.99. The Morgan fingerprint density at radius 1 is 1.24 bits per heavy atom. The molecule has 2 rings (SSSR count). The summed E-state index contributed by atoms with van der Waals surface area (Å²) < 4.78 is 9.49. The number of ether oxygens (including phenoxy) is 1. The van der Waals surface area contributed by atoms with Gasteiger partial charge in [-0.1, -0.05) is 25.1 Å². The van der Waals surface area contributed by atoms with Crippen molar-refractivity contribution in [2.45, 2.75) is 45.3 Å². The van der Waals surface area contributed by atoms with Gasteiger partial charge in [-0.15, -0.1) is 15.3 Å². The molecule has 0 radical (unpaired) electrons. The molecule has 0 bridgehead atoms. The zero-order chi connectivity index (χ0) is 15.2. The van der Waals surface area contributed by atoms with Crippen molar-refractivity contribution in [1.82, 2.24) is 24.5 Å². The summed E-state index contributed by atoms with van der Waals surface area (Å²) in [6.45, 7) is 7.59. The van der Waals surface area contributed by atoms with Crippen LogP contribution in [0.15, 0.2) is 11.4 Å². The molecule has 0 aliphatic carbocycles. The molecule has 0 unspecified atom stereocenters. The van der Waals surface area contributed by atoms with Crippen molar-refractivity contribution in [2.75, 3.05) is 12.4 Å². The molecule has 116 valence electrons. The highest BCUT2D eigenvalue weighted by Gasteiger charge is 2.18. The van der Waals surface area contributed by atoms with Gasteiger partial charge in [0.15, 0.2) is 11.0 Å². The van der Waals surface area contributed by atoms with E-state index in [1.54, 1.807) is 11.8 Å². The Labute approximate surface area is 129 Å². The van der Waals surface area contributed by atoms with Crippen molar-refractivity contribution in [3.05, 3.63) is 6.20 Å². The van der Waals surface area contributed by atoms with E-state index in [1.807, 2.05) is 29.4 Å². The summed E-state index contributed by atoms with van der Waals surface area (Å²) in [5.74, 6) is 2.49. The lowest BCUT2D eigenvalue weighted by Crippen LogP contribution is -1.98. The number of hydrogen-bond donors (Lipinski definition) is 0. The van der Waals surface area contributed by atoms with Crippen LogP contribution in [-0.4, -0.2) is 36.9 Å². The van der Waals surface area contributed by atoms with Gasteiger partial charge in [-0.3, -0.25) is 4.68 Å². The normalized spacial score (nSPS) is 11.0. The van der Waals surface area contributed by atoms with Gasteiger partial charge >= 0.3 is 0 Å². The van der Waals surface area contributed by atoms with Crippen molar-refractivity contribution in [3.8, 4) is 17.3 Å². The minimum Gasteiger partial charge on any atom is -0.476 e. The quantitative estimate of drug-likeness (QED) is 0.554. The van der Waals surface area contributed by atoms with E-state index in [0.29, 0.717) is 12.5 Å². The Balaban J connectivity index is 2.27. The lowest BCUT2D eigenvalue weighted by atomic mass is 10.3. The third-order valence-corrected chi connectivity index (χ3v) is 4.24. The van der Waals surface area contributed by atoms with E-state index in [0.717, 1.165) is 28.8 Å². The fourth-order valence-electron chi connectivity index (χ4n) is 1.95. The van der Waals surface area contributed by atoms with E-state index in [2.05, 4.69) is 29.1 Å². The molecule has 6 nitrogen and oxygen atoms in total. The van der Waals surface area contributed by atoms with Crippen LogP contribution >= 0.6 is 11.8 Å². The highest BCUT2D eigenvalue weighted by atomic mass is 32.2. The van der Waals surface area contributed by atoms with E-state index in [-0.39, 0.29) is 0 Å². The standard InChI is InChI=1S/C14H23N5OS/c1-5-8-9-21-14-16-15-12(18(14)4)11-10-19(6-2)17-13(11)20-7-3/h10H,5-9H2,1-4H3.